The van der Waals surface area contributed by atoms with Crippen LogP contribution in [0.4, 0.5) is 0 Å². The molecule has 0 aliphatic carbocycles. The van der Waals surface area contributed by atoms with Crippen LogP contribution in [0.15, 0.2) is 0 Å². The van der Waals surface area contributed by atoms with E-state index in [4.69, 9.17) is 0 Å². The molecule has 0 rings (SSSR count). The molecule has 0 saturated heterocycles. The number of hydrogen-bond acceptors (Lipinski definition) is 3. The van der Waals surface area contributed by atoms with Gasteiger partial charge in [0.15, 0.2) is 0 Å². The first-order valence-corrected chi connectivity index (χ1v) is 4.71. The molecule has 3 heteroatoms. The smallest absolute Gasteiger partial charge is 0.0106 e. The van der Waals surface area contributed by atoms with Crippen LogP contribution in [0.25, 0.3) is 0 Å². The van der Waals surface area contributed by atoms with E-state index in [0.717, 1.165) is 19.6 Å². The summed E-state index contributed by atoms with van der Waals surface area (Å²) in [7, 11) is 6.17. The molecule has 12 heavy (non-hydrogen) atoms. The van der Waals surface area contributed by atoms with Crippen molar-refractivity contribution in [1.29, 1.82) is 0 Å². The highest BCUT2D eigenvalue weighted by Gasteiger charge is 2.06. The average molecular weight is 173 g/mol. The van der Waals surface area contributed by atoms with Gasteiger partial charge in [-0.3, -0.25) is 0 Å². The second-order valence-corrected chi connectivity index (χ2v) is 3.33. The van der Waals surface area contributed by atoms with Gasteiger partial charge in [-0.25, -0.2) is 0 Å². The number of nitrogens with one attached hydrogen (secondary N) is 2. The molecule has 1 atom stereocenters. The van der Waals surface area contributed by atoms with Gasteiger partial charge < -0.3 is 15.5 Å². The summed E-state index contributed by atoms with van der Waals surface area (Å²) in [5.41, 5.74) is 0. The minimum absolute atomic E-state index is 0.672. The molecule has 0 aliphatic rings. The molecule has 74 valence electrons. The van der Waals surface area contributed by atoms with Gasteiger partial charge in [-0.1, -0.05) is 0 Å². The summed E-state index contributed by atoms with van der Waals surface area (Å²) in [6.07, 6.45) is 1.22. The summed E-state index contributed by atoms with van der Waals surface area (Å²) in [6, 6.07) is 0.672. The van der Waals surface area contributed by atoms with Gasteiger partial charge in [0.1, 0.15) is 0 Å². The Morgan fingerprint density at radius 3 is 2.25 bits per heavy atom. The van der Waals surface area contributed by atoms with E-state index in [1.807, 2.05) is 14.1 Å². The van der Waals surface area contributed by atoms with Gasteiger partial charge in [0, 0.05) is 19.1 Å². The van der Waals surface area contributed by atoms with Gasteiger partial charge in [-0.05, 0) is 41.0 Å². The molecular formula is C9H23N3. The predicted octanol–water partition coefficient (Wildman–Crippen LogP) is 0.136. The summed E-state index contributed by atoms with van der Waals surface area (Å²) in [5, 5.41) is 6.32. The van der Waals surface area contributed by atoms with Gasteiger partial charge in [0.25, 0.3) is 0 Å². The monoisotopic (exact) mass is 173 g/mol. The summed E-state index contributed by atoms with van der Waals surface area (Å²) in [4.78, 5) is 2.38. The zero-order valence-corrected chi connectivity index (χ0v) is 8.85. The van der Waals surface area contributed by atoms with Crippen molar-refractivity contribution in [2.45, 2.75) is 19.4 Å². The minimum atomic E-state index is 0.672. The fraction of sp³-hybridized carbons (Fsp3) is 1.00. The van der Waals surface area contributed by atoms with E-state index in [9.17, 15) is 0 Å². The molecule has 0 fully saturated rings. The van der Waals surface area contributed by atoms with Crippen molar-refractivity contribution in [3.63, 3.8) is 0 Å². The Morgan fingerprint density at radius 2 is 1.75 bits per heavy atom. The van der Waals surface area contributed by atoms with E-state index in [1.165, 1.54) is 6.42 Å². The van der Waals surface area contributed by atoms with E-state index in [2.05, 4.69) is 29.5 Å². The van der Waals surface area contributed by atoms with Gasteiger partial charge in [0.2, 0.25) is 0 Å². The van der Waals surface area contributed by atoms with Gasteiger partial charge in [-0.2, -0.15) is 0 Å². The Balaban J connectivity index is 3.39. The van der Waals surface area contributed by atoms with E-state index < -0.39 is 0 Å². The third kappa shape index (κ3) is 5.52. The van der Waals surface area contributed by atoms with Gasteiger partial charge in [-0.15, -0.1) is 0 Å². The van der Waals surface area contributed by atoms with E-state index in [1.54, 1.807) is 0 Å². The van der Waals surface area contributed by atoms with Crippen LogP contribution in [0, 0.1) is 0 Å². The fourth-order valence-electron chi connectivity index (χ4n) is 1.08. The molecule has 0 aromatic rings. The molecule has 0 saturated carbocycles. The number of hydrogen-bond donors (Lipinski definition) is 2. The van der Waals surface area contributed by atoms with Crippen molar-refractivity contribution in [3.8, 4) is 0 Å². The molecule has 0 aromatic heterocycles. The average Bonchev–Trinajstić information content (AvgIpc) is 2.10. The predicted molar refractivity (Wildman–Crippen MR) is 54.6 cm³/mol. The van der Waals surface area contributed by atoms with Crippen molar-refractivity contribution in [1.82, 2.24) is 15.5 Å². The second-order valence-electron chi connectivity index (χ2n) is 3.33. The van der Waals surface area contributed by atoms with Crippen molar-refractivity contribution in [3.05, 3.63) is 0 Å². The van der Waals surface area contributed by atoms with Crippen LogP contribution in [0.2, 0.25) is 0 Å². The quantitative estimate of drug-likeness (QED) is 0.573. The zero-order chi connectivity index (χ0) is 9.40. The number of rotatable bonds is 7. The summed E-state index contributed by atoms with van der Waals surface area (Å²) >= 11 is 0. The number of likely N-dealkylation sites (N-methyl/N-ethyl adjacent to an activating group) is 2. The van der Waals surface area contributed by atoms with E-state index in [-0.39, 0.29) is 0 Å². The van der Waals surface area contributed by atoms with Crippen LogP contribution in [0.3, 0.4) is 0 Å². The molecule has 0 bridgehead atoms. The first-order chi connectivity index (χ1) is 5.72. The minimum Gasteiger partial charge on any atom is -0.320 e. The van der Waals surface area contributed by atoms with Crippen molar-refractivity contribution in [2.24, 2.45) is 0 Å². The molecule has 0 spiro atoms. The molecule has 0 aromatic carbocycles. The lowest BCUT2D eigenvalue weighted by molar-refractivity contribution is 0.247. The molecule has 2 N–H and O–H groups in total. The lowest BCUT2D eigenvalue weighted by Gasteiger charge is -2.24. The van der Waals surface area contributed by atoms with Gasteiger partial charge in [0.05, 0.1) is 0 Å². The Bertz CT molecular complexity index is 83.8. The SMILES string of the molecule is CNCCC(C)N(C)CCNC. The Hall–Kier alpha value is -0.120. The maximum Gasteiger partial charge on any atom is 0.0106 e. The van der Waals surface area contributed by atoms with Crippen molar-refractivity contribution >= 4 is 0 Å². The molecule has 0 heterocycles. The summed E-state index contributed by atoms with van der Waals surface area (Å²) < 4.78 is 0. The highest BCUT2D eigenvalue weighted by Crippen LogP contribution is 1.98. The topological polar surface area (TPSA) is 27.3 Å². The molecule has 0 radical (unpaired) electrons. The highest BCUT2D eigenvalue weighted by atomic mass is 15.1. The van der Waals surface area contributed by atoms with Crippen molar-refractivity contribution in [2.75, 3.05) is 40.8 Å². The largest absolute Gasteiger partial charge is 0.320 e. The summed E-state index contributed by atoms with van der Waals surface area (Å²) in [6.45, 7) is 5.57. The first kappa shape index (κ1) is 11.9. The van der Waals surface area contributed by atoms with Crippen LogP contribution in [-0.4, -0.2) is 51.7 Å². The van der Waals surface area contributed by atoms with Crippen LogP contribution < -0.4 is 10.6 Å². The van der Waals surface area contributed by atoms with Gasteiger partial charge >= 0.3 is 0 Å². The normalized spacial score (nSPS) is 13.8. The molecule has 3 nitrogen and oxygen atoms in total. The fourth-order valence-corrected chi connectivity index (χ4v) is 1.08. The maximum absolute atomic E-state index is 3.17. The first-order valence-electron chi connectivity index (χ1n) is 4.71. The summed E-state index contributed by atoms with van der Waals surface area (Å²) in [5.74, 6) is 0. The van der Waals surface area contributed by atoms with E-state index >= 15 is 0 Å². The lowest BCUT2D eigenvalue weighted by Crippen LogP contribution is -2.35. The molecule has 1 unspecified atom stereocenters. The number of nitrogens with zero attached hydrogens (tertiary/aromatic N) is 1. The third-order valence-electron chi connectivity index (χ3n) is 2.28. The lowest BCUT2D eigenvalue weighted by atomic mass is 10.2. The van der Waals surface area contributed by atoms with Crippen LogP contribution in [-0.2, 0) is 0 Å². The van der Waals surface area contributed by atoms with Crippen LogP contribution in [0.5, 0.6) is 0 Å². The molecule has 0 aliphatic heterocycles. The Labute approximate surface area is 76.5 Å². The standard InChI is InChI=1S/C9H23N3/c1-9(5-6-10-2)12(4)8-7-11-3/h9-11H,5-8H2,1-4H3. The molecule has 0 amide bonds. The van der Waals surface area contributed by atoms with Crippen molar-refractivity contribution < 1.29 is 0 Å². The second kappa shape index (κ2) is 7.53. The molecular weight excluding hydrogens is 150 g/mol. The Kier molecular flexibility index (Phi) is 7.45. The Morgan fingerprint density at radius 1 is 1.17 bits per heavy atom. The van der Waals surface area contributed by atoms with E-state index in [0.29, 0.717) is 6.04 Å². The highest BCUT2D eigenvalue weighted by molar-refractivity contribution is 4.64. The zero-order valence-electron chi connectivity index (χ0n) is 8.85. The van der Waals surface area contributed by atoms with Crippen LogP contribution in [0.1, 0.15) is 13.3 Å². The maximum atomic E-state index is 3.17. The van der Waals surface area contributed by atoms with Crippen LogP contribution >= 0.6 is 0 Å². The third-order valence-corrected chi connectivity index (χ3v) is 2.28.